The highest BCUT2D eigenvalue weighted by Gasteiger charge is 2.27. The number of hydrogen-bond acceptors (Lipinski definition) is 3. The number of rotatable bonds is 1. The Labute approximate surface area is 154 Å². The average Bonchev–Trinajstić information content (AvgIpc) is 2.98. The summed E-state index contributed by atoms with van der Waals surface area (Å²) >= 11 is 12.6. The van der Waals surface area contributed by atoms with E-state index in [-0.39, 0.29) is 6.04 Å². The maximum atomic E-state index is 6.51. The Bertz CT molecular complexity index is 1120. The predicted octanol–water partition coefficient (Wildman–Crippen LogP) is 5.22. The molecule has 0 aliphatic carbocycles. The smallest absolute Gasteiger partial charge is 0.137 e. The zero-order valence-corrected chi connectivity index (χ0v) is 14.5. The average molecular weight is 367 g/mol. The van der Waals surface area contributed by atoms with E-state index in [0.717, 1.165) is 33.6 Å². The maximum absolute atomic E-state index is 6.51. The summed E-state index contributed by atoms with van der Waals surface area (Å²) in [4.78, 5) is 4.55. The van der Waals surface area contributed by atoms with Crippen LogP contribution in [0.25, 0.3) is 16.8 Å². The van der Waals surface area contributed by atoms with E-state index >= 15 is 0 Å². The number of aromatic nitrogens is 3. The molecule has 1 aliphatic rings. The number of hydrogen-bond donors (Lipinski definition) is 1. The van der Waals surface area contributed by atoms with Crippen LogP contribution in [0.4, 0.5) is 5.69 Å². The van der Waals surface area contributed by atoms with Gasteiger partial charge in [-0.15, -0.1) is 0 Å². The summed E-state index contributed by atoms with van der Waals surface area (Å²) in [5.41, 5.74) is 5.99. The number of fused-ring (bicyclic) bond motifs is 2. The van der Waals surface area contributed by atoms with Gasteiger partial charge in [-0.1, -0.05) is 47.5 Å². The molecule has 2 aromatic heterocycles. The van der Waals surface area contributed by atoms with Crippen LogP contribution < -0.4 is 5.32 Å². The van der Waals surface area contributed by atoms with Crippen molar-refractivity contribution >= 4 is 34.4 Å². The summed E-state index contributed by atoms with van der Waals surface area (Å²) in [6.07, 6.45) is 3.53. The number of anilines is 1. The summed E-state index contributed by atoms with van der Waals surface area (Å²) in [7, 11) is 0. The zero-order valence-electron chi connectivity index (χ0n) is 12.9. The monoisotopic (exact) mass is 366 g/mol. The number of nitrogens with zero attached hydrogens (tertiary/aromatic N) is 3. The molecule has 1 unspecified atom stereocenters. The molecule has 0 saturated heterocycles. The molecule has 2 aromatic carbocycles. The first-order valence-electron chi connectivity index (χ1n) is 7.85. The highest BCUT2D eigenvalue weighted by molar-refractivity contribution is 6.35. The van der Waals surface area contributed by atoms with E-state index in [1.54, 1.807) is 12.4 Å². The summed E-state index contributed by atoms with van der Waals surface area (Å²) in [5, 5.41) is 9.21. The fraction of sp³-hybridized carbons (Fsp3) is 0.0526. The molecular weight excluding hydrogens is 355 g/mol. The minimum Gasteiger partial charge on any atom is -0.373 e. The van der Waals surface area contributed by atoms with E-state index in [1.807, 2.05) is 35.0 Å². The highest BCUT2D eigenvalue weighted by atomic mass is 35.5. The maximum Gasteiger partial charge on any atom is 0.137 e. The van der Waals surface area contributed by atoms with Gasteiger partial charge >= 0.3 is 0 Å². The molecule has 0 radical (unpaired) electrons. The van der Waals surface area contributed by atoms with Crippen molar-refractivity contribution in [3.63, 3.8) is 0 Å². The van der Waals surface area contributed by atoms with Crippen LogP contribution in [0.2, 0.25) is 10.0 Å². The van der Waals surface area contributed by atoms with Crippen LogP contribution in [-0.2, 0) is 0 Å². The van der Waals surface area contributed by atoms with E-state index in [9.17, 15) is 0 Å². The molecule has 4 nitrogen and oxygen atoms in total. The Kier molecular flexibility index (Phi) is 3.23. The first-order valence-corrected chi connectivity index (χ1v) is 8.61. The fourth-order valence-corrected chi connectivity index (χ4v) is 3.96. The van der Waals surface area contributed by atoms with Crippen molar-refractivity contribution in [3.8, 4) is 11.3 Å². The van der Waals surface area contributed by atoms with E-state index in [0.29, 0.717) is 10.0 Å². The van der Waals surface area contributed by atoms with Gasteiger partial charge in [-0.25, -0.2) is 9.50 Å². The molecular formula is C19H12Cl2N4. The molecule has 25 heavy (non-hydrogen) atoms. The van der Waals surface area contributed by atoms with Crippen molar-refractivity contribution in [2.75, 3.05) is 5.32 Å². The molecule has 1 N–H and O–H groups in total. The first kappa shape index (κ1) is 14.8. The minimum atomic E-state index is -0.122. The van der Waals surface area contributed by atoms with Crippen molar-refractivity contribution < 1.29 is 0 Å². The van der Waals surface area contributed by atoms with Crippen LogP contribution in [-0.4, -0.2) is 14.6 Å². The normalized spacial score (nSPS) is 15.5. The van der Waals surface area contributed by atoms with Crippen molar-refractivity contribution in [1.29, 1.82) is 0 Å². The second kappa shape index (κ2) is 5.48. The lowest BCUT2D eigenvalue weighted by Crippen LogP contribution is -2.12. The Morgan fingerprint density at radius 2 is 1.88 bits per heavy atom. The largest absolute Gasteiger partial charge is 0.373 e. The second-order valence-corrected chi connectivity index (χ2v) is 6.81. The second-order valence-electron chi connectivity index (χ2n) is 5.96. The van der Waals surface area contributed by atoms with E-state index in [2.05, 4.69) is 33.6 Å². The molecule has 0 amide bonds. The van der Waals surface area contributed by atoms with Gasteiger partial charge in [0.25, 0.3) is 0 Å². The Hall–Kier alpha value is -2.56. The lowest BCUT2D eigenvalue weighted by molar-refractivity contribution is 0.899. The molecule has 1 atom stereocenters. The molecule has 0 spiro atoms. The standard InChI is InChI=1S/C19H12Cl2N4/c20-11-5-6-12(15(21)9-11)17-14-7-8-25-19(14)18(22-10-23-25)13-3-1-2-4-16(13)24-17/h1-10,17,24H. The van der Waals surface area contributed by atoms with E-state index in [4.69, 9.17) is 23.2 Å². The Morgan fingerprint density at radius 1 is 1.00 bits per heavy atom. The van der Waals surface area contributed by atoms with E-state index < -0.39 is 0 Å². The van der Waals surface area contributed by atoms with Crippen LogP contribution in [0.1, 0.15) is 17.2 Å². The summed E-state index contributed by atoms with van der Waals surface area (Å²) in [6.45, 7) is 0. The third-order valence-corrected chi connectivity index (χ3v) is 5.11. The van der Waals surface area contributed by atoms with Gasteiger partial charge in [-0.3, -0.25) is 0 Å². The van der Waals surface area contributed by atoms with E-state index in [1.165, 1.54) is 0 Å². The van der Waals surface area contributed by atoms with Crippen molar-refractivity contribution in [2.45, 2.75) is 6.04 Å². The van der Waals surface area contributed by atoms with Crippen LogP contribution >= 0.6 is 23.2 Å². The van der Waals surface area contributed by atoms with Gasteiger partial charge in [-0.2, -0.15) is 5.10 Å². The minimum absolute atomic E-state index is 0.122. The van der Waals surface area contributed by atoms with Crippen LogP contribution in [0, 0.1) is 0 Å². The van der Waals surface area contributed by atoms with Crippen LogP contribution in [0.15, 0.2) is 61.1 Å². The molecule has 4 aromatic rings. The molecule has 6 heteroatoms. The third-order valence-electron chi connectivity index (χ3n) is 4.55. The number of benzene rings is 2. The number of halogens is 2. The summed E-state index contributed by atoms with van der Waals surface area (Å²) in [5.74, 6) is 0. The van der Waals surface area contributed by atoms with Gasteiger partial charge in [0.15, 0.2) is 0 Å². The van der Waals surface area contributed by atoms with Gasteiger partial charge in [-0.05, 0) is 29.8 Å². The fourth-order valence-electron chi connectivity index (χ4n) is 3.44. The van der Waals surface area contributed by atoms with Crippen molar-refractivity contribution in [2.24, 2.45) is 0 Å². The van der Waals surface area contributed by atoms with Crippen LogP contribution in [0.5, 0.6) is 0 Å². The molecule has 0 saturated carbocycles. The van der Waals surface area contributed by atoms with Crippen molar-refractivity contribution in [3.05, 3.63) is 82.2 Å². The predicted molar refractivity (Wildman–Crippen MR) is 100 cm³/mol. The Balaban J connectivity index is 1.85. The summed E-state index contributed by atoms with van der Waals surface area (Å²) < 4.78 is 1.86. The third kappa shape index (κ3) is 2.22. The van der Waals surface area contributed by atoms with Gasteiger partial charge < -0.3 is 5.32 Å². The van der Waals surface area contributed by atoms with Crippen LogP contribution in [0.3, 0.4) is 0 Å². The highest BCUT2D eigenvalue weighted by Crippen LogP contribution is 2.42. The van der Waals surface area contributed by atoms with Gasteiger partial charge in [0.05, 0.1) is 11.6 Å². The van der Waals surface area contributed by atoms with Gasteiger partial charge in [0, 0.05) is 33.1 Å². The van der Waals surface area contributed by atoms with Gasteiger partial charge in [0.1, 0.15) is 12.0 Å². The number of para-hydroxylation sites is 1. The molecule has 3 heterocycles. The Morgan fingerprint density at radius 3 is 2.76 bits per heavy atom. The quantitative estimate of drug-likeness (QED) is 0.502. The molecule has 0 bridgehead atoms. The topological polar surface area (TPSA) is 42.2 Å². The number of nitrogens with one attached hydrogen (secondary N) is 1. The molecule has 5 rings (SSSR count). The zero-order chi connectivity index (χ0) is 17.0. The SMILES string of the molecule is Clc1ccc(C2Nc3ccccc3-c3ncnn4ccc2c34)c(Cl)c1. The molecule has 1 aliphatic heterocycles. The van der Waals surface area contributed by atoms with Crippen molar-refractivity contribution in [1.82, 2.24) is 14.6 Å². The summed E-state index contributed by atoms with van der Waals surface area (Å²) in [6, 6.07) is 15.7. The molecule has 0 fully saturated rings. The molecule has 122 valence electrons. The van der Waals surface area contributed by atoms with Gasteiger partial charge in [0.2, 0.25) is 0 Å². The lowest BCUT2D eigenvalue weighted by Gasteiger charge is -2.20. The lowest BCUT2D eigenvalue weighted by atomic mass is 9.99. The first-order chi connectivity index (χ1) is 12.2.